The first kappa shape index (κ1) is 13.9. The van der Waals surface area contributed by atoms with Gasteiger partial charge in [-0.2, -0.15) is 0 Å². The summed E-state index contributed by atoms with van der Waals surface area (Å²) in [5.41, 5.74) is 7.64. The summed E-state index contributed by atoms with van der Waals surface area (Å²) < 4.78 is 0. The van der Waals surface area contributed by atoms with E-state index in [1.54, 1.807) is 0 Å². The zero-order valence-corrected chi connectivity index (χ0v) is 13.5. The van der Waals surface area contributed by atoms with E-state index in [1.807, 2.05) is 0 Å². The molecule has 0 N–H and O–H groups in total. The van der Waals surface area contributed by atoms with Crippen molar-refractivity contribution in [1.82, 2.24) is 0 Å². The quantitative estimate of drug-likeness (QED) is 0.624. The molecule has 0 aromatic heterocycles. The molecule has 3 aromatic rings. The molecule has 1 heterocycles. The Hall–Kier alpha value is -2.74. The second kappa shape index (κ2) is 5.47. The maximum atomic E-state index is 2.41. The second-order valence-corrected chi connectivity index (χ2v) is 6.11. The molecule has 1 aliphatic rings. The molecule has 0 atom stereocenters. The van der Waals surface area contributed by atoms with Crippen LogP contribution in [0.5, 0.6) is 0 Å². The first-order valence-corrected chi connectivity index (χ1v) is 7.99. The van der Waals surface area contributed by atoms with Crippen LogP contribution in [0.2, 0.25) is 0 Å². The predicted octanol–water partition coefficient (Wildman–Crippen LogP) is 5.41. The number of hydrogen-bond acceptors (Lipinski definition) is 2. The monoisotopic (exact) mass is 300 g/mol. The van der Waals surface area contributed by atoms with Gasteiger partial charge in [0.25, 0.3) is 0 Å². The fraction of sp³-hybridized carbons (Fsp3) is 0.143. The van der Waals surface area contributed by atoms with Gasteiger partial charge in [0.2, 0.25) is 0 Å². The lowest BCUT2D eigenvalue weighted by molar-refractivity contribution is 0.949. The lowest BCUT2D eigenvalue weighted by Gasteiger charge is -2.38. The number of anilines is 4. The summed E-state index contributed by atoms with van der Waals surface area (Å²) in [6.45, 7) is 3.01. The van der Waals surface area contributed by atoms with E-state index < -0.39 is 0 Å². The van der Waals surface area contributed by atoms with Gasteiger partial charge in [-0.05, 0) is 36.8 Å². The Morgan fingerprint density at radius 1 is 0.652 bits per heavy atom. The minimum Gasteiger partial charge on any atom is -0.341 e. The van der Waals surface area contributed by atoms with Gasteiger partial charge in [0.15, 0.2) is 0 Å². The zero-order chi connectivity index (χ0) is 15.8. The lowest BCUT2D eigenvalue weighted by Crippen LogP contribution is -2.26. The smallest absolute Gasteiger partial charge is 0.0655 e. The van der Waals surface area contributed by atoms with E-state index in [1.165, 1.54) is 33.9 Å². The molecule has 23 heavy (non-hydrogen) atoms. The topological polar surface area (TPSA) is 6.48 Å². The van der Waals surface area contributed by atoms with Crippen LogP contribution in [0.1, 0.15) is 11.1 Å². The summed E-state index contributed by atoms with van der Waals surface area (Å²) >= 11 is 0. The number of nitrogens with zero attached hydrogens (tertiary/aromatic N) is 2. The molecule has 0 saturated heterocycles. The number of para-hydroxylation sites is 4. The Morgan fingerprint density at radius 2 is 1.13 bits per heavy atom. The maximum absolute atomic E-state index is 2.41. The Balaban J connectivity index is 1.82. The minimum atomic E-state index is 0.877. The highest BCUT2D eigenvalue weighted by Gasteiger charge is 2.25. The predicted molar refractivity (Wildman–Crippen MR) is 98.0 cm³/mol. The van der Waals surface area contributed by atoms with Crippen molar-refractivity contribution >= 4 is 22.7 Å². The van der Waals surface area contributed by atoms with Crippen LogP contribution in [0.15, 0.2) is 72.8 Å². The molecular formula is C21H20N2. The van der Waals surface area contributed by atoms with Crippen LogP contribution in [0, 0.1) is 6.92 Å². The van der Waals surface area contributed by atoms with Crippen molar-refractivity contribution in [3.05, 3.63) is 83.9 Å². The fourth-order valence-electron chi connectivity index (χ4n) is 3.26. The molecule has 0 saturated carbocycles. The third-order valence-corrected chi connectivity index (χ3v) is 4.53. The fourth-order valence-corrected chi connectivity index (χ4v) is 3.26. The van der Waals surface area contributed by atoms with Crippen LogP contribution in [0.4, 0.5) is 22.7 Å². The van der Waals surface area contributed by atoms with Crippen molar-refractivity contribution in [2.24, 2.45) is 0 Å². The number of benzene rings is 3. The largest absolute Gasteiger partial charge is 0.341 e. The van der Waals surface area contributed by atoms with Crippen LogP contribution in [0.25, 0.3) is 0 Å². The number of rotatable bonds is 2. The molecular weight excluding hydrogens is 280 g/mol. The number of aryl methyl sites for hydroxylation is 1. The van der Waals surface area contributed by atoms with Gasteiger partial charge in [-0.15, -0.1) is 0 Å². The highest BCUT2D eigenvalue weighted by molar-refractivity contribution is 5.92. The van der Waals surface area contributed by atoms with Crippen LogP contribution >= 0.6 is 0 Å². The van der Waals surface area contributed by atoms with Crippen LogP contribution in [-0.4, -0.2) is 7.05 Å². The highest BCUT2D eigenvalue weighted by Crippen LogP contribution is 2.47. The molecule has 114 valence electrons. The SMILES string of the molecule is Cc1ccc(CN2c3ccccc3N(C)c3ccccc32)cc1. The Labute approximate surface area is 137 Å². The van der Waals surface area contributed by atoms with Crippen molar-refractivity contribution in [1.29, 1.82) is 0 Å². The van der Waals surface area contributed by atoms with E-state index in [9.17, 15) is 0 Å². The second-order valence-electron chi connectivity index (χ2n) is 6.11. The Bertz CT molecular complexity index is 789. The molecule has 0 unspecified atom stereocenters. The molecule has 3 aromatic carbocycles. The minimum absolute atomic E-state index is 0.877. The molecule has 2 nitrogen and oxygen atoms in total. The van der Waals surface area contributed by atoms with Gasteiger partial charge in [-0.1, -0.05) is 54.1 Å². The van der Waals surface area contributed by atoms with Crippen molar-refractivity contribution in [2.45, 2.75) is 13.5 Å². The molecule has 4 rings (SSSR count). The van der Waals surface area contributed by atoms with Crippen LogP contribution in [0.3, 0.4) is 0 Å². The van der Waals surface area contributed by atoms with Crippen molar-refractivity contribution in [3.8, 4) is 0 Å². The first-order valence-electron chi connectivity index (χ1n) is 7.99. The van der Waals surface area contributed by atoms with E-state index in [2.05, 4.69) is 96.6 Å². The number of hydrogen-bond donors (Lipinski definition) is 0. The summed E-state index contributed by atoms with van der Waals surface area (Å²) in [7, 11) is 2.14. The van der Waals surface area contributed by atoms with E-state index in [0.717, 1.165) is 6.54 Å². The third-order valence-electron chi connectivity index (χ3n) is 4.53. The van der Waals surface area contributed by atoms with E-state index in [-0.39, 0.29) is 0 Å². The van der Waals surface area contributed by atoms with Gasteiger partial charge in [-0.3, -0.25) is 0 Å². The van der Waals surface area contributed by atoms with Gasteiger partial charge in [0.05, 0.1) is 22.7 Å². The molecule has 0 amide bonds. The summed E-state index contributed by atoms with van der Waals surface area (Å²) in [5, 5.41) is 0. The maximum Gasteiger partial charge on any atom is 0.0655 e. The van der Waals surface area contributed by atoms with Crippen molar-refractivity contribution < 1.29 is 0 Å². The van der Waals surface area contributed by atoms with Gasteiger partial charge in [-0.25, -0.2) is 0 Å². The lowest BCUT2D eigenvalue weighted by atomic mass is 10.1. The summed E-state index contributed by atoms with van der Waals surface area (Å²) in [6.07, 6.45) is 0. The average molecular weight is 300 g/mol. The number of fused-ring (bicyclic) bond motifs is 2. The molecule has 0 radical (unpaired) electrons. The van der Waals surface area contributed by atoms with Gasteiger partial charge < -0.3 is 9.80 Å². The summed E-state index contributed by atoms with van der Waals surface area (Å²) in [6, 6.07) is 26.0. The standard InChI is InChI=1S/C21H20N2/c1-16-11-13-17(14-12-16)15-23-20-9-5-3-7-18(20)22(2)19-8-4-6-10-21(19)23/h3-14H,15H2,1-2H3. The van der Waals surface area contributed by atoms with Gasteiger partial charge >= 0.3 is 0 Å². The van der Waals surface area contributed by atoms with Gasteiger partial charge in [0, 0.05) is 13.6 Å². The van der Waals surface area contributed by atoms with E-state index in [4.69, 9.17) is 0 Å². The normalized spacial score (nSPS) is 12.8. The highest BCUT2D eigenvalue weighted by atomic mass is 15.3. The molecule has 0 fully saturated rings. The first-order chi connectivity index (χ1) is 11.2. The van der Waals surface area contributed by atoms with Crippen molar-refractivity contribution in [2.75, 3.05) is 16.8 Å². The Kier molecular flexibility index (Phi) is 3.30. The van der Waals surface area contributed by atoms with Crippen LogP contribution < -0.4 is 9.80 Å². The molecule has 2 heteroatoms. The molecule has 0 aliphatic carbocycles. The Morgan fingerprint density at radius 3 is 1.65 bits per heavy atom. The summed E-state index contributed by atoms with van der Waals surface area (Å²) in [5.74, 6) is 0. The van der Waals surface area contributed by atoms with E-state index >= 15 is 0 Å². The van der Waals surface area contributed by atoms with E-state index in [0.29, 0.717) is 0 Å². The third kappa shape index (κ3) is 2.36. The molecule has 0 spiro atoms. The van der Waals surface area contributed by atoms with Crippen molar-refractivity contribution in [3.63, 3.8) is 0 Å². The van der Waals surface area contributed by atoms with Crippen LogP contribution in [-0.2, 0) is 6.54 Å². The molecule has 1 aliphatic heterocycles. The zero-order valence-electron chi connectivity index (χ0n) is 13.5. The molecule has 0 bridgehead atoms. The van der Waals surface area contributed by atoms with Gasteiger partial charge in [0.1, 0.15) is 0 Å². The summed E-state index contributed by atoms with van der Waals surface area (Å²) in [4.78, 5) is 4.69. The average Bonchev–Trinajstić information content (AvgIpc) is 2.60.